The summed E-state index contributed by atoms with van der Waals surface area (Å²) in [5, 5.41) is 11.4. The Morgan fingerprint density at radius 1 is 1.15 bits per heavy atom. The van der Waals surface area contributed by atoms with Crippen molar-refractivity contribution in [2.45, 2.75) is 38.4 Å². The molecule has 2 unspecified atom stereocenters. The molecule has 2 aromatic heterocycles. The van der Waals surface area contributed by atoms with Crippen LogP contribution < -0.4 is 16.0 Å². The number of sulfonamides is 1. The number of aromatic nitrogens is 4. The Morgan fingerprint density at radius 2 is 1.82 bits per heavy atom. The monoisotopic (exact) mass is 486 g/mol. The van der Waals surface area contributed by atoms with E-state index in [-0.39, 0.29) is 31.0 Å². The minimum absolute atomic E-state index is 0. The third-order valence-corrected chi connectivity index (χ3v) is 8.39. The van der Waals surface area contributed by atoms with E-state index in [9.17, 15) is 8.42 Å². The average Bonchev–Trinajstić information content (AvgIpc) is 3.43. The van der Waals surface area contributed by atoms with Crippen molar-refractivity contribution >= 4 is 21.7 Å². The Labute approximate surface area is 199 Å². The van der Waals surface area contributed by atoms with Crippen LogP contribution in [0.25, 0.3) is 23.0 Å². The number of nitrogens with one attached hydrogen (secondary N) is 1. The largest absolute Gasteiger partial charge is 0.414 e. The van der Waals surface area contributed by atoms with Gasteiger partial charge in [0.15, 0.2) is 11.5 Å². The Balaban J connectivity index is 0.00000289. The number of rotatable bonds is 7. The molecule has 182 valence electrons. The van der Waals surface area contributed by atoms with E-state index in [0.717, 1.165) is 30.5 Å². The van der Waals surface area contributed by atoms with E-state index in [2.05, 4.69) is 30.4 Å². The zero-order chi connectivity index (χ0) is 23.9. The van der Waals surface area contributed by atoms with Gasteiger partial charge in [-0.1, -0.05) is 12.1 Å². The zero-order valence-electron chi connectivity index (χ0n) is 19.2. The summed E-state index contributed by atoms with van der Waals surface area (Å²) in [7, 11) is -1.34. The topological polar surface area (TPSA) is 143 Å². The van der Waals surface area contributed by atoms with Crippen LogP contribution in [0.3, 0.4) is 0 Å². The fourth-order valence-corrected chi connectivity index (χ4v) is 6.31. The maximum Gasteiger partial charge on any atom is 0.270 e. The average molecular weight is 487 g/mol. The van der Waals surface area contributed by atoms with Gasteiger partial charge in [-0.15, -0.1) is 10.2 Å². The van der Waals surface area contributed by atoms with E-state index in [1.807, 2.05) is 31.3 Å². The summed E-state index contributed by atoms with van der Waals surface area (Å²) in [6.45, 7) is 3.58. The number of hydrogen-bond donors (Lipinski definition) is 2. The van der Waals surface area contributed by atoms with Gasteiger partial charge in [0.25, 0.3) is 5.89 Å². The number of nitrogen functional groups attached to an aromatic ring is 1. The molecule has 5 rings (SSSR count). The number of anilines is 2. The van der Waals surface area contributed by atoms with Crippen LogP contribution in [-0.4, -0.2) is 70.9 Å². The van der Waals surface area contributed by atoms with E-state index in [1.165, 1.54) is 0 Å². The molecule has 2 bridgehead atoms. The lowest BCUT2D eigenvalue weighted by molar-refractivity contribution is 0.286. The van der Waals surface area contributed by atoms with Crippen molar-refractivity contribution in [3.8, 4) is 23.0 Å². The van der Waals surface area contributed by atoms with Gasteiger partial charge in [0.1, 0.15) is 5.82 Å². The first-order valence-corrected chi connectivity index (χ1v) is 13.0. The number of nitrogens with two attached hydrogens (primary N) is 1. The third kappa shape index (κ3) is 4.12. The van der Waals surface area contributed by atoms with E-state index in [0.29, 0.717) is 30.5 Å². The minimum atomic E-state index is -3.24. The molecule has 1 aromatic carbocycles. The van der Waals surface area contributed by atoms with Gasteiger partial charge in [0.05, 0.1) is 11.9 Å². The normalized spacial score (nSPS) is 20.7. The Morgan fingerprint density at radius 3 is 2.47 bits per heavy atom. The number of hydrogen-bond acceptors (Lipinski definition) is 10. The van der Waals surface area contributed by atoms with E-state index in [4.69, 9.17) is 10.2 Å². The van der Waals surface area contributed by atoms with Gasteiger partial charge in [-0.05, 0) is 44.5 Å². The van der Waals surface area contributed by atoms with Crippen molar-refractivity contribution < 1.29 is 14.3 Å². The second-order valence-corrected chi connectivity index (χ2v) is 10.8. The zero-order valence-corrected chi connectivity index (χ0v) is 20.0. The molecule has 2 aliphatic heterocycles. The fourth-order valence-electron chi connectivity index (χ4n) is 4.76. The van der Waals surface area contributed by atoms with Gasteiger partial charge >= 0.3 is 0 Å². The molecule has 0 aliphatic carbocycles. The number of nitrogens with zero attached hydrogens (tertiary/aromatic N) is 6. The Hall–Kier alpha value is -3.09. The number of piperazine rings is 1. The van der Waals surface area contributed by atoms with Crippen LogP contribution in [0.1, 0.15) is 26.8 Å². The molecule has 12 heteroatoms. The second-order valence-electron chi connectivity index (χ2n) is 8.62. The lowest BCUT2D eigenvalue weighted by Crippen LogP contribution is -2.56. The summed E-state index contributed by atoms with van der Waals surface area (Å²) in [5.74, 6) is 1.48. The van der Waals surface area contributed by atoms with E-state index >= 15 is 0 Å². The number of fused-ring (bicyclic) bond motifs is 2. The van der Waals surface area contributed by atoms with Crippen molar-refractivity contribution in [1.82, 2.24) is 29.8 Å². The van der Waals surface area contributed by atoms with Crippen LogP contribution in [0.4, 0.5) is 11.6 Å². The number of benzene rings is 1. The van der Waals surface area contributed by atoms with Gasteiger partial charge in [-0.2, -0.15) is 4.31 Å². The molecule has 0 amide bonds. The van der Waals surface area contributed by atoms with Gasteiger partial charge in [-0.25, -0.2) is 18.4 Å². The first-order valence-electron chi connectivity index (χ1n) is 11.4. The van der Waals surface area contributed by atoms with Crippen molar-refractivity contribution in [3.63, 3.8) is 0 Å². The summed E-state index contributed by atoms with van der Waals surface area (Å²) in [6, 6.07) is 7.72. The van der Waals surface area contributed by atoms with Crippen LogP contribution in [0.15, 0.2) is 34.9 Å². The Bertz CT molecular complexity index is 1270. The Kier molecular flexibility index (Phi) is 5.96. The molecule has 11 nitrogen and oxygen atoms in total. The summed E-state index contributed by atoms with van der Waals surface area (Å²) in [4.78, 5) is 11.1. The minimum Gasteiger partial charge on any atom is -0.414 e. The molecule has 3 N–H and O–H groups in total. The predicted octanol–water partition coefficient (Wildman–Crippen LogP) is 1.74. The van der Waals surface area contributed by atoms with Crippen molar-refractivity contribution in [3.05, 3.63) is 36.0 Å². The van der Waals surface area contributed by atoms with Gasteiger partial charge < -0.3 is 20.4 Å². The molecular weight excluding hydrogens is 456 g/mol. The highest BCUT2D eigenvalue weighted by Crippen LogP contribution is 2.35. The summed E-state index contributed by atoms with van der Waals surface area (Å²) < 4.78 is 32.7. The molecule has 2 fully saturated rings. The molecular formula is C22H30N8O3S. The first-order chi connectivity index (χ1) is 16.4. The molecule has 3 aromatic rings. The smallest absolute Gasteiger partial charge is 0.270 e. The second kappa shape index (κ2) is 8.93. The molecule has 0 saturated carbocycles. The lowest BCUT2D eigenvalue weighted by Gasteiger charge is -2.40. The van der Waals surface area contributed by atoms with Gasteiger partial charge in [0.2, 0.25) is 15.9 Å². The van der Waals surface area contributed by atoms with Crippen LogP contribution in [0.5, 0.6) is 0 Å². The summed E-state index contributed by atoms with van der Waals surface area (Å²) in [5.41, 5.74) is 8.37. The molecule has 0 spiro atoms. The summed E-state index contributed by atoms with van der Waals surface area (Å²) in [6.07, 6.45) is 3.30. The highest BCUT2D eigenvalue weighted by molar-refractivity contribution is 7.89. The highest BCUT2D eigenvalue weighted by Gasteiger charge is 2.45. The molecule has 2 saturated heterocycles. The maximum absolute atomic E-state index is 12.5. The van der Waals surface area contributed by atoms with Gasteiger partial charge in [0, 0.05) is 38.7 Å². The molecule has 4 heterocycles. The molecule has 2 atom stereocenters. The van der Waals surface area contributed by atoms with E-state index in [1.54, 1.807) is 17.4 Å². The standard InChI is InChI=1S/C22H28N8O3S.H2/c1-3-34(31,32)30-16-8-9-17(30)13-29(12-16)18-11-25-20(23)19(26-18)22-28-27-21(33-22)15-6-4-14(5-7-15)10-24-2;/h4-7,11,16-17,24H,3,8-10,12-13H2,1-2H3,(H2,23,25);1H. The predicted molar refractivity (Wildman–Crippen MR) is 130 cm³/mol. The fraction of sp³-hybridized carbons (Fsp3) is 0.455. The molecule has 0 radical (unpaired) electrons. The summed E-state index contributed by atoms with van der Waals surface area (Å²) >= 11 is 0. The SMILES string of the molecule is CCS(=O)(=O)N1C2CCC1CN(c1cnc(N)c(-c3nnc(-c4ccc(CNC)cc4)o3)n1)C2.[HH]. The van der Waals surface area contributed by atoms with Crippen LogP contribution in [-0.2, 0) is 16.6 Å². The first kappa shape index (κ1) is 22.7. The third-order valence-electron chi connectivity index (χ3n) is 6.42. The van der Waals surface area contributed by atoms with Crippen molar-refractivity contribution in [2.24, 2.45) is 0 Å². The van der Waals surface area contributed by atoms with Crippen LogP contribution in [0.2, 0.25) is 0 Å². The molecule has 34 heavy (non-hydrogen) atoms. The lowest BCUT2D eigenvalue weighted by atomic mass is 10.1. The highest BCUT2D eigenvalue weighted by atomic mass is 32.2. The van der Waals surface area contributed by atoms with Crippen molar-refractivity contribution in [1.29, 1.82) is 0 Å². The van der Waals surface area contributed by atoms with E-state index < -0.39 is 10.0 Å². The van der Waals surface area contributed by atoms with Crippen LogP contribution in [0, 0.1) is 0 Å². The van der Waals surface area contributed by atoms with Crippen molar-refractivity contribution in [2.75, 3.05) is 36.5 Å². The van der Waals surface area contributed by atoms with Crippen LogP contribution >= 0.6 is 0 Å². The maximum atomic E-state index is 12.5. The quantitative estimate of drug-likeness (QED) is 0.507. The van der Waals surface area contributed by atoms with Gasteiger partial charge in [-0.3, -0.25) is 0 Å². The molecule has 2 aliphatic rings.